The van der Waals surface area contributed by atoms with Crippen molar-refractivity contribution in [3.63, 3.8) is 0 Å². The Kier molecular flexibility index (Phi) is 3.50. The molecule has 0 atom stereocenters. The first-order valence-electron chi connectivity index (χ1n) is 5.47. The maximum Gasteiger partial charge on any atom is 0.249 e. The summed E-state index contributed by atoms with van der Waals surface area (Å²) in [6.07, 6.45) is 1.44. The monoisotopic (exact) mass is 251 g/mol. The number of halogens is 1. The fraction of sp³-hybridized carbons (Fsp3) is 0.308. The molecule has 1 aliphatic rings. The highest BCUT2D eigenvalue weighted by atomic mass is 35.5. The van der Waals surface area contributed by atoms with E-state index in [0.717, 1.165) is 5.56 Å². The number of carbonyl (C=O) groups excluding carboxylic acids is 1. The molecule has 90 valence electrons. The molecule has 0 bridgehead atoms. The van der Waals surface area contributed by atoms with Crippen LogP contribution in [0.15, 0.2) is 29.8 Å². The molecule has 1 heterocycles. The minimum absolute atomic E-state index is 0.0322. The van der Waals surface area contributed by atoms with E-state index in [4.69, 9.17) is 16.7 Å². The van der Waals surface area contributed by atoms with Gasteiger partial charge in [0.15, 0.2) is 0 Å². The number of nitrogens with zero attached hydrogens (tertiary/aromatic N) is 1. The standard InChI is InChI=1S/C13H14ClNO2/c1-9(13(17)15-7-12(16)8-15)5-10-3-2-4-11(14)6-10/h2-6,12,16H,7-8H2,1H3/b9-5-. The van der Waals surface area contributed by atoms with Gasteiger partial charge in [-0.3, -0.25) is 4.79 Å². The lowest BCUT2D eigenvalue weighted by Crippen LogP contribution is -2.53. The van der Waals surface area contributed by atoms with Crippen LogP contribution in [0.25, 0.3) is 6.08 Å². The van der Waals surface area contributed by atoms with Gasteiger partial charge in [0, 0.05) is 23.7 Å². The summed E-state index contributed by atoms with van der Waals surface area (Å²) in [6, 6.07) is 7.35. The van der Waals surface area contributed by atoms with Crippen molar-refractivity contribution in [2.24, 2.45) is 0 Å². The molecule has 1 aromatic carbocycles. The van der Waals surface area contributed by atoms with Crippen LogP contribution in [-0.2, 0) is 4.79 Å². The predicted octanol–water partition coefficient (Wildman–Crippen LogP) is 1.95. The second-order valence-electron chi connectivity index (χ2n) is 4.25. The third-order valence-corrected chi connectivity index (χ3v) is 2.95. The molecule has 1 aromatic rings. The normalized spacial score (nSPS) is 16.9. The van der Waals surface area contributed by atoms with Crippen molar-refractivity contribution in [3.05, 3.63) is 40.4 Å². The fourth-order valence-corrected chi connectivity index (χ4v) is 1.98. The van der Waals surface area contributed by atoms with Gasteiger partial charge in [-0.15, -0.1) is 0 Å². The third kappa shape index (κ3) is 2.87. The minimum atomic E-state index is -0.363. The van der Waals surface area contributed by atoms with E-state index in [1.165, 1.54) is 0 Å². The Morgan fingerprint density at radius 2 is 2.24 bits per heavy atom. The number of aliphatic hydroxyl groups is 1. The van der Waals surface area contributed by atoms with Gasteiger partial charge in [0.05, 0.1) is 6.10 Å². The van der Waals surface area contributed by atoms with Crippen molar-refractivity contribution in [1.29, 1.82) is 0 Å². The first-order valence-corrected chi connectivity index (χ1v) is 5.85. The maximum atomic E-state index is 11.9. The van der Waals surface area contributed by atoms with Crippen LogP contribution >= 0.6 is 11.6 Å². The first kappa shape index (κ1) is 12.1. The van der Waals surface area contributed by atoms with Gasteiger partial charge in [-0.2, -0.15) is 0 Å². The second-order valence-corrected chi connectivity index (χ2v) is 4.68. The number of carbonyl (C=O) groups is 1. The summed E-state index contributed by atoms with van der Waals surface area (Å²) in [4.78, 5) is 13.5. The van der Waals surface area contributed by atoms with E-state index in [2.05, 4.69) is 0 Å². The molecule has 1 saturated heterocycles. The van der Waals surface area contributed by atoms with E-state index in [0.29, 0.717) is 23.7 Å². The molecule has 0 aromatic heterocycles. The molecule has 17 heavy (non-hydrogen) atoms. The van der Waals surface area contributed by atoms with Gasteiger partial charge in [-0.1, -0.05) is 23.7 Å². The zero-order valence-electron chi connectivity index (χ0n) is 9.56. The zero-order valence-corrected chi connectivity index (χ0v) is 10.3. The summed E-state index contributed by atoms with van der Waals surface area (Å²) in [6.45, 7) is 2.63. The Balaban J connectivity index is 2.08. The van der Waals surface area contributed by atoms with Crippen LogP contribution in [0.4, 0.5) is 0 Å². The summed E-state index contributed by atoms with van der Waals surface area (Å²) in [5.74, 6) is -0.0322. The zero-order chi connectivity index (χ0) is 12.4. The number of amides is 1. The summed E-state index contributed by atoms with van der Waals surface area (Å²) < 4.78 is 0. The van der Waals surface area contributed by atoms with E-state index in [-0.39, 0.29) is 12.0 Å². The highest BCUT2D eigenvalue weighted by molar-refractivity contribution is 6.30. The van der Waals surface area contributed by atoms with Crippen molar-refractivity contribution in [2.75, 3.05) is 13.1 Å². The molecule has 3 nitrogen and oxygen atoms in total. The highest BCUT2D eigenvalue weighted by Gasteiger charge is 2.29. The SMILES string of the molecule is C/C(=C/c1cccc(Cl)c1)C(=O)N1CC(O)C1. The molecule has 0 saturated carbocycles. The molecule has 1 amide bonds. The van der Waals surface area contributed by atoms with Gasteiger partial charge in [0.25, 0.3) is 0 Å². The molecule has 0 spiro atoms. The average Bonchev–Trinajstić information content (AvgIpc) is 2.24. The summed E-state index contributed by atoms with van der Waals surface area (Å²) in [5.41, 5.74) is 1.56. The molecule has 1 aliphatic heterocycles. The molecule has 1 fully saturated rings. The number of benzene rings is 1. The van der Waals surface area contributed by atoms with Crippen LogP contribution < -0.4 is 0 Å². The van der Waals surface area contributed by atoms with Crippen LogP contribution in [0, 0.1) is 0 Å². The van der Waals surface area contributed by atoms with Crippen LogP contribution in [0.5, 0.6) is 0 Å². The van der Waals surface area contributed by atoms with Crippen molar-refractivity contribution < 1.29 is 9.90 Å². The van der Waals surface area contributed by atoms with Gasteiger partial charge in [0.1, 0.15) is 0 Å². The van der Waals surface area contributed by atoms with Crippen LogP contribution in [0.3, 0.4) is 0 Å². The summed E-state index contributed by atoms with van der Waals surface area (Å²) in [5, 5.41) is 9.80. The predicted molar refractivity (Wildman–Crippen MR) is 67.7 cm³/mol. The maximum absolute atomic E-state index is 11.9. The van der Waals surface area contributed by atoms with Gasteiger partial charge < -0.3 is 10.0 Å². The smallest absolute Gasteiger partial charge is 0.249 e. The van der Waals surface area contributed by atoms with E-state index in [9.17, 15) is 4.79 Å². The lowest BCUT2D eigenvalue weighted by Gasteiger charge is -2.36. The molecular weight excluding hydrogens is 238 g/mol. The molecule has 0 unspecified atom stereocenters. The van der Waals surface area contributed by atoms with Crippen molar-refractivity contribution >= 4 is 23.6 Å². The Hall–Kier alpha value is -1.32. The number of rotatable bonds is 2. The molecule has 1 N–H and O–H groups in total. The molecule has 0 aliphatic carbocycles. The first-order chi connectivity index (χ1) is 8.06. The molecule has 0 radical (unpaired) electrons. The number of aliphatic hydroxyl groups excluding tert-OH is 1. The van der Waals surface area contributed by atoms with Crippen molar-refractivity contribution in [1.82, 2.24) is 4.90 Å². The van der Waals surface area contributed by atoms with E-state index in [1.54, 1.807) is 24.0 Å². The van der Waals surface area contributed by atoms with Crippen LogP contribution in [0.2, 0.25) is 5.02 Å². The van der Waals surface area contributed by atoms with Gasteiger partial charge >= 0.3 is 0 Å². The number of likely N-dealkylation sites (tertiary alicyclic amines) is 1. The Morgan fingerprint density at radius 3 is 2.82 bits per heavy atom. The average molecular weight is 252 g/mol. The largest absolute Gasteiger partial charge is 0.389 e. The highest BCUT2D eigenvalue weighted by Crippen LogP contribution is 2.16. The molecule has 4 heteroatoms. The molecular formula is C13H14ClNO2. The van der Waals surface area contributed by atoms with E-state index in [1.807, 2.05) is 18.2 Å². The lowest BCUT2D eigenvalue weighted by molar-refractivity contribution is -0.136. The topological polar surface area (TPSA) is 40.5 Å². The van der Waals surface area contributed by atoms with Crippen molar-refractivity contribution in [2.45, 2.75) is 13.0 Å². The van der Waals surface area contributed by atoms with E-state index >= 15 is 0 Å². The van der Waals surface area contributed by atoms with Gasteiger partial charge in [-0.05, 0) is 30.7 Å². The van der Waals surface area contributed by atoms with Gasteiger partial charge in [-0.25, -0.2) is 0 Å². The van der Waals surface area contributed by atoms with Gasteiger partial charge in [0.2, 0.25) is 5.91 Å². The number of hydrogen-bond donors (Lipinski definition) is 1. The number of hydrogen-bond acceptors (Lipinski definition) is 2. The Labute approximate surface area is 105 Å². The summed E-state index contributed by atoms with van der Waals surface area (Å²) >= 11 is 5.87. The van der Waals surface area contributed by atoms with Crippen LogP contribution in [-0.4, -0.2) is 35.1 Å². The van der Waals surface area contributed by atoms with E-state index < -0.39 is 0 Å². The van der Waals surface area contributed by atoms with Crippen LogP contribution in [0.1, 0.15) is 12.5 Å². The second kappa shape index (κ2) is 4.90. The Morgan fingerprint density at radius 1 is 1.53 bits per heavy atom. The summed E-state index contributed by atoms with van der Waals surface area (Å²) in [7, 11) is 0. The third-order valence-electron chi connectivity index (χ3n) is 2.72. The van der Waals surface area contributed by atoms with Crippen molar-refractivity contribution in [3.8, 4) is 0 Å². The Bertz CT molecular complexity index is 464. The fourth-order valence-electron chi connectivity index (χ4n) is 1.78. The molecule has 2 rings (SSSR count). The lowest BCUT2D eigenvalue weighted by atomic mass is 10.1. The minimum Gasteiger partial charge on any atom is -0.389 e. The number of β-amino-alcohol motifs (C(OH)–C–C–N with tert-alkyl or cyclic N) is 1. The quantitative estimate of drug-likeness (QED) is 0.817.